The molecule has 102 valence electrons. The second-order valence-electron chi connectivity index (χ2n) is 4.09. The minimum absolute atomic E-state index is 0.0381. The average molecular weight is 262 g/mol. The fraction of sp³-hybridized carbons (Fsp3) is 0.429. The largest absolute Gasteiger partial charge is 0.483 e. The molecule has 0 aromatic heterocycles. The van der Waals surface area contributed by atoms with E-state index in [1.807, 2.05) is 24.3 Å². The summed E-state index contributed by atoms with van der Waals surface area (Å²) < 4.78 is 5.47. The Morgan fingerprint density at radius 2 is 2.21 bits per heavy atom. The standard InChI is InChI=1S/C14H18N2O3/c1-16(9-4-8-15)14(18)11-19-13-6-3-2-5-12(13)7-10-17/h2-3,5-6,17H,4,7,9-11H2,1H3. The van der Waals surface area contributed by atoms with Crippen LogP contribution in [-0.2, 0) is 11.2 Å². The molecular formula is C14H18N2O3. The van der Waals surface area contributed by atoms with E-state index in [4.69, 9.17) is 15.1 Å². The van der Waals surface area contributed by atoms with Gasteiger partial charge in [0.15, 0.2) is 6.61 Å². The van der Waals surface area contributed by atoms with Crippen molar-refractivity contribution in [1.29, 1.82) is 5.26 Å². The van der Waals surface area contributed by atoms with E-state index in [0.717, 1.165) is 5.56 Å². The lowest BCUT2D eigenvalue weighted by molar-refractivity contribution is -0.131. The van der Waals surface area contributed by atoms with Crippen molar-refractivity contribution < 1.29 is 14.6 Å². The van der Waals surface area contributed by atoms with E-state index < -0.39 is 0 Å². The van der Waals surface area contributed by atoms with Crippen LogP contribution in [-0.4, -0.2) is 42.7 Å². The molecule has 5 nitrogen and oxygen atoms in total. The number of carbonyl (C=O) groups excluding carboxylic acids is 1. The monoisotopic (exact) mass is 262 g/mol. The molecule has 1 N–H and O–H groups in total. The van der Waals surface area contributed by atoms with Crippen molar-refractivity contribution in [2.75, 3.05) is 26.8 Å². The zero-order valence-corrected chi connectivity index (χ0v) is 11.0. The number of para-hydroxylation sites is 1. The van der Waals surface area contributed by atoms with Crippen molar-refractivity contribution in [3.8, 4) is 11.8 Å². The fourth-order valence-corrected chi connectivity index (χ4v) is 1.56. The Balaban J connectivity index is 2.52. The number of amides is 1. The number of nitrogens with zero attached hydrogens (tertiary/aromatic N) is 2. The van der Waals surface area contributed by atoms with E-state index in [2.05, 4.69) is 0 Å². The van der Waals surface area contributed by atoms with Gasteiger partial charge in [-0.15, -0.1) is 0 Å². The number of carbonyl (C=O) groups is 1. The molecule has 0 heterocycles. The third kappa shape index (κ3) is 4.98. The quantitative estimate of drug-likeness (QED) is 0.794. The number of nitriles is 1. The highest BCUT2D eigenvalue weighted by Crippen LogP contribution is 2.18. The van der Waals surface area contributed by atoms with Crippen LogP contribution in [0.2, 0.25) is 0 Å². The Morgan fingerprint density at radius 3 is 2.89 bits per heavy atom. The Labute approximate surface area is 113 Å². The number of likely N-dealkylation sites (N-methyl/N-ethyl adjacent to an activating group) is 1. The van der Waals surface area contributed by atoms with E-state index in [-0.39, 0.29) is 19.1 Å². The Kier molecular flexibility index (Phi) is 6.41. The van der Waals surface area contributed by atoms with Crippen molar-refractivity contribution in [1.82, 2.24) is 4.90 Å². The number of ether oxygens (including phenoxy) is 1. The predicted octanol–water partition coefficient (Wildman–Crippen LogP) is 0.972. The van der Waals surface area contributed by atoms with Crippen LogP contribution in [0.4, 0.5) is 0 Å². The molecule has 0 atom stereocenters. The molecule has 0 aliphatic heterocycles. The molecule has 0 aliphatic carbocycles. The van der Waals surface area contributed by atoms with E-state index in [0.29, 0.717) is 25.1 Å². The van der Waals surface area contributed by atoms with E-state index in [1.165, 1.54) is 4.90 Å². The molecule has 1 amide bonds. The summed E-state index contributed by atoms with van der Waals surface area (Å²) >= 11 is 0. The highest BCUT2D eigenvalue weighted by Gasteiger charge is 2.10. The van der Waals surface area contributed by atoms with Crippen LogP contribution < -0.4 is 4.74 Å². The zero-order valence-electron chi connectivity index (χ0n) is 11.0. The van der Waals surface area contributed by atoms with Gasteiger partial charge in [-0.3, -0.25) is 4.79 Å². The molecule has 5 heteroatoms. The summed E-state index contributed by atoms with van der Waals surface area (Å²) in [6.45, 7) is 0.373. The molecule has 1 aromatic rings. The summed E-state index contributed by atoms with van der Waals surface area (Å²) in [6, 6.07) is 9.30. The summed E-state index contributed by atoms with van der Waals surface area (Å²) in [5, 5.41) is 17.4. The van der Waals surface area contributed by atoms with Gasteiger partial charge in [0.1, 0.15) is 5.75 Å². The van der Waals surface area contributed by atoms with Gasteiger partial charge < -0.3 is 14.7 Å². The van der Waals surface area contributed by atoms with Crippen molar-refractivity contribution in [2.24, 2.45) is 0 Å². The number of rotatable bonds is 7. The summed E-state index contributed by atoms with van der Waals surface area (Å²) in [5.74, 6) is 0.438. The van der Waals surface area contributed by atoms with Gasteiger partial charge in [-0.2, -0.15) is 5.26 Å². The van der Waals surface area contributed by atoms with Crippen LogP contribution in [0.1, 0.15) is 12.0 Å². The third-order valence-corrected chi connectivity index (χ3v) is 2.69. The molecular weight excluding hydrogens is 244 g/mol. The van der Waals surface area contributed by atoms with Crippen LogP contribution in [0, 0.1) is 11.3 Å². The molecule has 0 fully saturated rings. The van der Waals surface area contributed by atoms with E-state index in [1.54, 1.807) is 13.1 Å². The van der Waals surface area contributed by atoms with Gasteiger partial charge in [0.2, 0.25) is 0 Å². The first kappa shape index (κ1) is 15.0. The minimum Gasteiger partial charge on any atom is -0.483 e. The van der Waals surface area contributed by atoms with Gasteiger partial charge in [0.05, 0.1) is 12.5 Å². The van der Waals surface area contributed by atoms with Crippen LogP contribution in [0.15, 0.2) is 24.3 Å². The lowest BCUT2D eigenvalue weighted by Gasteiger charge is -2.16. The van der Waals surface area contributed by atoms with Crippen molar-refractivity contribution in [3.63, 3.8) is 0 Å². The summed E-state index contributed by atoms with van der Waals surface area (Å²) in [4.78, 5) is 13.2. The van der Waals surface area contributed by atoms with Crippen LogP contribution in [0.25, 0.3) is 0 Å². The molecule has 0 unspecified atom stereocenters. The molecule has 0 saturated carbocycles. The fourth-order valence-electron chi connectivity index (χ4n) is 1.56. The molecule has 1 rings (SSSR count). The molecule has 0 aliphatic rings. The van der Waals surface area contributed by atoms with Gasteiger partial charge in [-0.25, -0.2) is 0 Å². The number of hydrogen-bond donors (Lipinski definition) is 1. The van der Waals surface area contributed by atoms with E-state index in [9.17, 15) is 4.79 Å². The zero-order chi connectivity index (χ0) is 14.1. The second kappa shape index (κ2) is 8.11. The molecule has 0 radical (unpaired) electrons. The van der Waals surface area contributed by atoms with Crippen molar-refractivity contribution >= 4 is 5.91 Å². The number of hydrogen-bond acceptors (Lipinski definition) is 4. The van der Waals surface area contributed by atoms with Gasteiger partial charge in [-0.05, 0) is 18.1 Å². The first-order chi connectivity index (χ1) is 9.19. The second-order valence-corrected chi connectivity index (χ2v) is 4.09. The van der Waals surface area contributed by atoms with Crippen LogP contribution in [0.5, 0.6) is 5.75 Å². The summed E-state index contributed by atoms with van der Waals surface area (Å²) in [5.41, 5.74) is 0.873. The topological polar surface area (TPSA) is 73.6 Å². The van der Waals surface area contributed by atoms with Gasteiger partial charge >= 0.3 is 0 Å². The normalized spacial score (nSPS) is 9.74. The maximum absolute atomic E-state index is 11.7. The van der Waals surface area contributed by atoms with Gasteiger partial charge in [-0.1, -0.05) is 18.2 Å². The Bertz CT molecular complexity index is 454. The average Bonchev–Trinajstić information content (AvgIpc) is 2.43. The smallest absolute Gasteiger partial charge is 0.260 e. The molecule has 1 aromatic carbocycles. The highest BCUT2D eigenvalue weighted by molar-refractivity contribution is 5.77. The first-order valence-corrected chi connectivity index (χ1v) is 6.11. The lowest BCUT2D eigenvalue weighted by atomic mass is 10.1. The predicted molar refractivity (Wildman–Crippen MR) is 70.6 cm³/mol. The third-order valence-electron chi connectivity index (χ3n) is 2.69. The maximum atomic E-state index is 11.7. The number of benzene rings is 1. The Hall–Kier alpha value is -2.06. The molecule has 0 bridgehead atoms. The first-order valence-electron chi connectivity index (χ1n) is 6.11. The van der Waals surface area contributed by atoms with Crippen molar-refractivity contribution in [2.45, 2.75) is 12.8 Å². The Morgan fingerprint density at radius 1 is 1.47 bits per heavy atom. The maximum Gasteiger partial charge on any atom is 0.260 e. The number of aliphatic hydroxyl groups excluding tert-OH is 1. The van der Waals surface area contributed by atoms with Gasteiger partial charge in [0.25, 0.3) is 5.91 Å². The summed E-state index contributed by atoms with van der Waals surface area (Å²) in [6.07, 6.45) is 0.804. The molecule has 0 saturated heterocycles. The minimum atomic E-state index is -0.172. The van der Waals surface area contributed by atoms with Crippen molar-refractivity contribution in [3.05, 3.63) is 29.8 Å². The van der Waals surface area contributed by atoms with Crippen LogP contribution >= 0.6 is 0 Å². The summed E-state index contributed by atoms with van der Waals surface area (Å²) in [7, 11) is 1.64. The number of aliphatic hydroxyl groups is 1. The SMILES string of the molecule is CN(CCC#N)C(=O)COc1ccccc1CCO. The molecule has 0 spiro atoms. The molecule has 19 heavy (non-hydrogen) atoms. The lowest BCUT2D eigenvalue weighted by Crippen LogP contribution is -2.32. The highest BCUT2D eigenvalue weighted by atomic mass is 16.5. The van der Waals surface area contributed by atoms with E-state index >= 15 is 0 Å². The van der Waals surface area contributed by atoms with Crippen LogP contribution in [0.3, 0.4) is 0 Å². The van der Waals surface area contributed by atoms with Gasteiger partial charge in [0, 0.05) is 20.2 Å².